The second-order valence-corrected chi connectivity index (χ2v) is 5.09. The highest BCUT2D eigenvalue weighted by molar-refractivity contribution is 6.05. The van der Waals surface area contributed by atoms with Crippen LogP contribution < -0.4 is 10.1 Å². The van der Waals surface area contributed by atoms with Gasteiger partial charge in [0.1, 0.15) is 5.75 Å². The van der Waals surface area contributed by atoms with Crippen LogP contribution in [0.4, 0.5) is 11.4 Å². The second kappa shape index (κ2) is 6.91. The van der Waals surface area contributed by atoms with E-state index >= 15 is 0 Å². The number of nitrogens with zero attached hydrogens (tertiary/aromatic N) is 1. The third-order valence-electron chi connectivity index (χ3n) is 3.58. The molecule has 120 valence electrons. The number of aryl methyl sites for hydroxylation is 2. The molecule has 1 amide bonds. The van der Waals surface area contributed by atoms with Gasteiger partial charge in [-0.05, 0) is 48.7 Å². The van der Waals surface area contributed by atoms with Crippen molar-refractivity contribution in [2.45, 2.75) is 20.3 Å². The molecule has 23 heavy (non-hydrogen) atoms. The van der Waals surface area contributed by atoms with E-state index < -0.39 is 4.92 Å². The van der Waals surface area contributed by atoms with Crippen LogP contribution in [0.3, 0.4) is 0 Å². The van der Waals surface area contributed by atoms with Gasteiger partial charge in [0.15, 0.2) is 0 Å². The summed E-state index contributed by atoms with van der Waals surface area (Å²) in [5, 5.41) is 13.8. The van der Waals surface area contributed by atoms with E-state index in [1.165, 1.54) is 12.1 Å². The summed E-state index contributed by atoms with van der Waals surface area (Å²) in [6.07, 6.45) is 0.584. The third-order valence-corrected chi connectivity index (χ3v) is 3.58. The molecule has 0 unspecified atom stereocenters. The Morgan fingerprint density at radius 3 is 2.43 bits per heavy atom. The molecule has 0 aliphatic carbocycles. The lowest BCUT2D eigenvalue weighted by atomic mass is 10.0. The molecule has 2 rings (SSSR count). The highest BCUT2D eigenvalue weighted by Crippen LogP contribution is 2.28. The summed E-state index contributed by atoms with van der Waals surface area (Å²) in [7, 11) is 1.56. The fraction of sp³-hybridized carbons (Fsp3) is 0.235. The van der Waals surface area contributed by atoms with Crippen molar-refractivity contribution in [2.24, 2.45) is 0 Å². The van der Waals surface area contributed by atoms with Gasteiger partial charge in [-0.2, -0.15) is 0 Å². The summed E-state index contributed by atoms with van der Waals surface area (Å²) in [5.74, 6) is 0.404. The van der Waals surface area contributed by atoms with Crippen LogP contribution in [0.1, 0.15) is 28.4 Å². The van der Waals surface area contributed by atoms with E-state index in [1.807, 2.05) is 6.92 Å². The lowest BCUT2D eigenvalue weighted by molar-refractivity contribution is -0.384. The molecule has 0 aromatic heterocycles. The first-order valence-corrected chi connectivity index (χ1v) is 7.19. The Morgan fingerprint density at radius 2 is 1.91 bits per heavy atom. The molecule has 1 N–H and O–H groups in total. The second-order valence-electron chi connectivity index (χ2n) is 5.09. The van der Waals surface area contributed by atoms with Crippen molar-refractivity contribution in [3.05, 3.63) is 63.2 Å². The van der Waals surface area contributed by atoms with E-state index in [0.29, 0.717) is 29.0 Å². The molecule has 0 saturated heterocycles. The van der Waals surface area contributed by atoms with Gasteiger partial charge >= 0.3 is 0 Å². The number of benzene rings is 2. The normalized spacial score (nSPS) is 10.2. The fourth-order valence-corrected chi connectivity index (χ4v) is 2.33. The minimum atomic E-state index is -0.429. The highest BCUT2D eigenvalue weighted by atomic mass is 16.6. The largest absolute Gasteiger partial charge is 0.497 e. The number of methoxy groups -OCH3 is 1. The summed E-state index contributed by atoms with van der Waals surface area (Å²) in [5.41, 5.74) is 2.54. The maximum absolute atomic E-state index is 12.4. The van der Waals surface area contributed by atoms with Crippen LogP contribution in [-0.2, 0) is 6.42 Å². The number of non-ortho nitro benzene ring substituents is 1. The third kappa shape index (κ3) is 3.66. The highest BCUT2D eigenvalue weighted by Gasteiger charge is 2.16. The van der Waals surface area contributed by atoms with Gasteiger partial charge in [0.25, 0.3) is 11.6 Å². The zero-order valence-electron chi connectivity index (χ0n) is 13.3. The molecule has 6 nitrogen and oxygen atoms in total. The standard InChI is InChI=1S/C17H18N2O4/c1-4-12-10-14(19(21)22)9-11(2)16(12)18-17(20)13-5-7-15(23-3)8-6-13/h5-10H,4H2,1-3H3,(H,18,20). The number of nitro benzene ring substituents is 1. The first-order valence-electron chi connectivity index (χ1n) is 7.19. The molecule has 0 heterocycles. The van der Waals surface area contributed by atoms with Gasteiger partial charge in [-0.15, -0.1) is 0 Å². The van der Waals surface area contributed by atoms with Crippen LogP contribution in [0.5, 0.6) is 5.75 Å². The number of nitro groups is 1. The fourth-order valence-electron chi connectivity index (χ4n) is 2.33. The summed E-state index contributed by atoms with van der Waals surface area (Å²) >= 11 is 0. The predicted molar refractivity (Wildman–Crippen MR) is 88.2 cm³/mol. The molecule has 2 aromatic rings. The molecule has 2 aromatic carbocycles. The summed E-state index contributed by atoms with van der Waals surface area (Å²) < 4.78 is 5.06. The maximum atomic E-state index is 12.4. The van der Waals surface area contributed by atoms with Gasteiger partial charge in [-0.25, -0.2) is 0 Å². The number of rotatable bonds is 5. The van der Waals surface area contributed by atoms with Crippen LogP contribution in [0.25, 0.3) is 0 Å². The molecular weight excluding hydrogens is 296 g/mol. The molecule has 6 heteroatoms. The molecule has 0 fully saturated rings. The van der Waals surface area contributed by atoms with Crippen LogP contribution >= 0.6 is 0 Å². The van der Waals surface area contributed by atoms with Gasteiger partial charge < -0.3 is 10.1 Å². The molecule has 0 aliphatic rings. The van der Waals surface area contributed by atoms with Crippen molar-refractivity contribution in [3.8, 4) is 5.75 Å². The van der Waals surface area contributed by atoms with E-state index in [2.05, 4.69) is 5.32 Å². The van der Waals surface area contributed by atoms with E-state index in [0.717, 1.165) is 5.56 Å². The van der Waals surface area contributed by atoms with Crippen LogP contribution in [0.15, 0.2) is 36.4 Å². The summed E-state index contributed by atoms with van der Waals surface area (Å²) in [4.78, 5) is 22.9. The number of hydrogen-bond donors (Lipinski definition) is 1. The van der Waals surface area contributed by atoms with Crippen LogP contribution in [-0.4, -0.2) is 17.9 Å². The van der Waals surface area contributed by atoms with Gasteiger partial charge in [-0.1, -0.05) is 6.92 Å². The Labute approximate surface area is 134 Å². The molecule has 0 radical (unpaired) electrons. The van der Waals surface area contributed by atoms with Crippen molar-refractivity contribution in [2.75, 3.05) is 12.4 Å². The van der Waals surface area contributed by atoms with Crippen LogP contribution in [0.2, 0.25) is 0 Å². The number of amides is 1. The number of nitrogens with one attached hydrogen (secondary N) is 1. The lowest BCUT2D eigenvalue weighted by Crippen LogP contribution is -2.14. The monoisotopic (exact) mass is 314 g/mol. The number of carbonyl (C=O) groups is 1. The quantitative estimate of drug-likeness (QED) is 0.673. The first-order chi connectivity index (χ1) is 11.0. The number of carbonyl (C=O) groups excluding carboxylic acids is 1. The number of hydrogen-bond acceptors (Lipinski definition) is 4. The topological polar surface area (TPSA) is 81.5 Å². The Bertz CT molecular complexity index is 739. The van der Waals surface area contributed by atoms with Gasteiger partial charge in [0.05, 0.1) is 12.0 Å². The molecule has 0 spiro atoms. The van der Waals surface area contributed by atoms with E-state index in [9.17, 15) is 14.9 Å². The molecular formula is C17H18N2O4. The molecule has 0 atom stereocenters. The maximum Gasteiger partial charge on any atom is 0.270 e. The van der Waals surface area contributed by atoms with Crippen molar-refractivity contribution in [1.29, 1.82) is 0 Å². The SMILES string of the molecule is CCc1cc([N+](=O)[O-])cc(C)c1NC(=O)c1ccc(OC)cc1. The van der Waals surface area contributed by atoms with Gasteiger partial charge in [0.2, 0.25) is 0 Å². The van der Waals surface area contributed by atoms with Crippen molar-refractivity contribution in [3.63, 3.8) is 0 Å². The number of anilines is 1. The average molecular weight is 314 g/mol. The van der Waals surface area contributed by atoms with Crippen molar-refractivity contribution >= 4 is 17.3 Å². The van der Waals surface area contributed by atoms with Crippen molar-refractivity contribution in [1.82, 2.24) is 0 Å². The van der Waals surface area contributed by atoms with E-state index in [1.54, 1.807) is 38.3 Å². The molecule has 0 aliphatic heterocycles. The summed E-state index contributed by atoms with van der Waals surface area (Å²) in [6, 6.07) is 9.71. The first kappa shape index (κ1) is 16.5. The average Bonchev–Trinajstić information content (AvgIpc) is 2.56. The van der Waals surface area contributed by atoms with Crippen LogP contribution in [0, 0.1) is 17.0 Å². The Kier molecular flexibility index (Phi) is 4.95. The number of ether oxygens (including phenoxy) is 1. The smallest absolute Gasteiger partial charge is 0.270 e. The summed E-state index contributed by atoms with van der Waals surface area (Å²) in [6.45, 7) is 3.64. The Morgan fingerprint density at radius 1 is 1.26 bits per heavy atom. The predicted octanol–water partition coefficient (Wildman–Crippen LogP) is 3.73. The Hall–Kier alpha value is -2.89. The zero-order chi connectivity index (χ0) is 17.0. The minimum absolute atomic E-state index is 0.0294. The van der Waals surface area contributed by atoms with E-state index in [4.69, 9.17) is 4.74 Å². The van der Waals surface area contributed by atoms with Gasteiger partial charge in [-0.3, -0.25) is 14.9 Å². The molecule has 0 bridgehead atoms. The molecule has 0 saturated carbocycles. The minimum Gasteiger partial charge on any atom is -0.497 e. The van der Waals surface area contributed by atoms with E-state index in [-0.39, 0.29) is 11.6 Å². The Balaban J connectivity index is 2.31. The van der Waals surface area contributed by atoms with Gasteiger partial charge in [0, 0.05) is 23.4 Å². The lowest BCUT2D eigenvalue weighted by Gasteiger charge is -2.13. The van der Waals surface area contributed by atoms with Crippen molar-refractivity contribution < 1.29 is 14.5 Å². The zero-order valence-corrected chi connectivity index (χ0v) is 13.3.